The Hall–Kier alpha value is -0.0800. The number of nitrogens with two attached hydrogens (primary N) is 1. The first-order valence-electron chi connectivity index (χ1n) is 4.66. The molecule has 0 spiro atoms. The molecule has 0 bridgehead atoms. The summed E-state index contributed by atoms with van der Waals surface area (Å²) in [6, 6.07) is 0.422. The van der Waals surface area contributed by atoms with Crippen molar-refractivity contribution in [2.24, 2.45) is 11.7 Å². The van der Waals surface area contributed by atoms with Gasteiger partial charge in [0.15, 0.2) is 0 Å². The molecule has 0 aromatic rings. The number of likely N-dealkylation sites (tertiary alicyclic amines) is 1. The zero-order valence-corrected chi connectivity index (χ0v) is 7.71. The summed E-state index contributed by atoms with van der Waals surface area (Å²) >= 11 is 0. The van der Waals surface area contributed by atoms with E-state index in [9.17, 15) is 0 Å². The number of piperidine rings is 1. The highest BCUT2D eigenvalue weighted by molar-refractivity contribution is 4.78. The van der Waals surface area contributed by atoms with E-state index in [1.165, 1.54) is 25.8 Å². The first-order valence-corrected chi connectivity index (χ1v) is 4.66. The molecule has 2 heteroatoms. The smallest absolute Gasteiger partial charge is 0.0170 e. The van der Waals surface area contributed by atoms with Crippen LogP contribution >= 0.6 is 0 Å². The summed E-state index contributed by atoms with van der Waals surface area (Å²) in [6.45, 7) is 4.59. The average molecular weight is 156 g/mol. The van der Waals surface area contributed by atoms with Gasteiger partial charge in [-0.2, -0.15) is 0 Å². The van der Waals surface area contributed by atoms with Gasteiger partial charge in [-0.1, -0.05) is 13.3 Å². The fourth-order valence-electron chi connectivity index (χ4n) is 2.11. The second-order valence-electron chi connectivity index (χ2n) is 3.87. The van der Waals surface area contributed by atoms with Crippen LogP contribution in [-0.4, -0.2) is 31.1 Å². The van der Waals surface area contributed by atoms with Crippen molar-refractivity contribution in [3.05, 3.63) is 0 Å². The molecule has 0 aromatic heterocycles. The van der Waals surface area contributed by atoms with Crippen LogP contribution in [0.25, 0.3) is 0 Å². The van der Waals surface area contributed by atoms with Crippen LogP contribution in [0.2, 0.25) is 0 Å². The topological polar surface area (TPSA) is 29.3 Å². The normalized spacial score (nSPS) is 34.1. The maximum Gasteiger partial charge on any atom is 0.0170 e. The minimum absolute atomic E-state index is 0.422. The van der Waals surface area contributed by atoms with Crippen molar-refractivity contribution in [1.82, 2.24) is 4.90 Å². The third-order valence-corrected chi connectivity index (χ3v) is 2.45. The van der Waals surface area contributed by atoms with E-state index in [1.54, 1.807) is 0 Å². The highest BCUT2D eigenvalue weighted by Crippen LogP contribution is 2.18. The van der Waals surface area contributed by atoms with Crippen molar-refractivity contribution < 1.29 is 0 Å². The molecule has 1 fully saturated rings. The highest BCUT2D eigenvalue weighted by Gasteiger charge is 2.21. The van der Waals surface area contributed by atoms with Crippen LogP contribution in [0, 0.1) is 5.92 Å². The number of hydrogen-bond acceptors (Lipinski definition) is 2. The summed E-state index contributed by atoms with van der Waals surface area (Å²) in [5, 5.41) is 0. The Balaban J connectivity index is 2.30. The van der Waals surface area contributed by atoms with Gasteiger partial charge in [-0.15, -0.1) is 0 Å². The van der Waals surface area contributed by atoms with Gasteiger partial charge in [-0.05, 0) is 25.8 Å². The van der Waals surface area contributed by atoms with Crippen LogP contribution < -0.4 is 5.73 Å². The Kier molecular flexibility index (Phi) is 3.34. The molecule has 0 aromatic carbocycles. The Morgan fingerprint density at radius 2 is 2.18 bits per heavy atom. The van der Waals surface area contributed by atoms with E-state index < -0.39 is 0 Å². The SMILES string of the molecule is CCCC1CC(N)CN(C)C1. The van der Waals surface area contributed by atoms with Crippen molar-refractivity contribution in [2.75, 3.05) is 20.1 Å². The Bertz CT molecular complexity index is 104. The van der Waals surface area contributed by atoms with Gasteiger partial charge in [0.1, 0.15) is 0 Å². The molecular formula is C9H20N2. The second kappa shape index (κ2) is 4.07. The quantitative estimate of drug-likeness (QED) is 0.648. The summed E-state index contributed by atoms with van der Waals surface area (Å²) < 4.78 is 0. The molecule has 66 valence electrons. The molecule has 2 N–H and O–H groups in total. The summed E-state index contributed by atoms with van der Waals surface area (Å²) in [4.78, 5) is 2.36. The van der Waals surface area contributed by atoms with Crippen molar-refractivity contribution in [2.45, 2.75) is 32.2 Å². The van der Waals surface area contributed by atoms with E-state index in [1.807, 2.05) is 0 Å². The van der Waals surface area contributed by atoms with Gasteiger partial charge in [-0.25, -0.2) is 0 Å². The minimum Gasteiger partial charge on any atom is -0.327 e. The first kappa shape index (κ1) is 9.01. The van der Waals surface area contributed by atoms with Crippen LogP contribution in [0.4, 0.5) is 0 Å². The van der Waals surface area contributed by atoms with E-state index >= 15 is 0 Å². The lowest BCUT2D eigenvalue weighted by molar-refractivity contribution is 0.181. The molecule has 0 aliphatic carbocycles. The summed E-state index contributed by atoms with van der Waals surface area (Å²) in [6.07, 6.45) is 3.88. The summed E-state index contributed by atoms with van der Waals surface area (Å²) in [7, 11) is 2.17. The van der Waals surface area contributed by atoms with Gasteiger partial charge >= 0.3 is 0 Å². The molecule has 11 heavy (non-hydrogen) atoms. The maximum atomic E-state index is 5.90. The fraction of sp³-hybridized carbons (Fsp3) is 1.00. The van der Waals surface area contributed by atoms with Crippen LogP contribution in [0.3, 0.4) is 0 Å². The van der Waals surface area contributed by atoms with E-state index in [0.717, 1.165) is 12.5 Å². The van der Waals surface area contributed by atoms with Gasteiger partial charge in [0.25, 0.3) is 0 Å². The van der Waals surface area contributed by atoms with Gasteiger partial charge in [0.2, 0.25) is 0 Å². The lowest BCUT2D eigenvalue weighted by atomic mass is 9.91. The number of rotatable bonds is 2. The predicted molar refractivity (Wildman–Crippen MR) is 48.5 cm³/mol. The van der Waals surface area contributed by atoms with Crippen molar-refractivity contribution >= 4 is 0 Å². The number of nitrogens with zero attached hydrogens (tertiary/aromatic N) is 1. The van der Waals surface area contributed by atoms with Crippen molar-refractivity contribution in [1.29, 1.82) is 0 Å². The van der Waals surface area contributed by atoms with Crippen LogP contribution in [0.1, 0.15) is 26.2 Å². The third-order valence-electron chi connectivity index (χ3n) is 2.45. The highest BCUT2D eigenvalue weighted by atomic mass is 15.1. The van der Waals surface area contributed by atoms with Crippen molar-refractivity contribution in [3.63, 3.8) is 0 Å². The molecule has 1 heterocycles. The van der Waals surface area contributed by atoms with Gasteiger partial charge < -0.3 is 10.6 Å². The second-order valence-corrected chi connectivity index (χ2v) is 3.87. The minimum atomic E-state index is 0.422. The van der Waals surface area contributed by atoms with Gasteiger partial charge in [-0.3, -0.25) is 0 Å². The van der Waals surface area contributed by atoms with Crippen LogP contribution in [0.15, 0.2) is 0 Å². The monoisotopic (exact) mass is 156 g/mol. The van der Waals surface area contributed by atoms with Crippen LogP contribution in [-0.2, 0) is 0 Å². The summed E-state index contributed by atoms with van der Waals surface area (Å²) in [5.74, 6) is 0.855. The molecule has 1 saturated heterocycles. The van der Waals surface area contributed by atoms with Crippen molar-refractivity contribution in [3.8, 4) is 0 Å². The average Bonchev–Trinajstić information content (AvgIpc) is 1.85. The van der Waals surface area contributed by atoms with E-state index in [0.29, 0.717) is 6.04 Å². The molecule has 2 nitrogen and oxygen atoms in total. The van der Waals surface area contributed by atoms with Crippen LogP contribution in [0.5, 0.6) is 0 Å². The molecular weight excluding hydrogens is 136 g/mol. The molecule has 1 aliphatic heterocycles. The fourth-order valence-corrected chi connectivity index (χ4v) is 2.11. The van der Waals surface area contributed by atoms with Gasteiger partial charge in [0, 0.05) is 19.1 Å². The Morgan fingerprint density at radius 3 is 2.73 bits per heavy atom. The third kappa shape index (κ3) is 2.80. The number of likely N-dealkylation sites (N-methyl/N-ethyl adjacent to an activating group) is 1. The zero-order chi connectivity index (χ0) is 8.27. The zero-order valence-electron chi connectivity index (χ0n) is 7.71. The number of hydrogen-bond donors (Lipinski definition) is 1. The molecule has 2 unspecified atom stereocenters. The lowest BCUT2D eigenvalue weighted by Gasteiger charge is -2.33. The molecule has 0 saturated carbocycles. The standard InChI is InChI=1S/C9H20N2/c1-3-4-8-5-9(10)7-11(2)6-8/h8-9H,3-7,10H2,1-2H3. The predicted octanol–water partition coefficient (Wildman–Crippen LogP) is 1.07. The molecule has 0 amide bonds. The molecule has 1 aliphatic rings. The first-order chi connectivity index (χ1) is 5.22. The van der Waals surface area contributed by atoms with E-state index in [4.69, 9.17) is 5.73 Å². The lowest BCUT2D eigenvalue weighted by Crippen LogP contribution is -2.44. The maximum absolute atomic E-state index is 5.90. The largest absolute Gasteiger partial charge is 0.327 e. The molecule has 2 atom stereocenters. The summed E-state index contributed by atoms with van der Waals surface area (Å²) in [5.41, 5.74) is 5.90. The van der Waals surface area contributed by atoms with E-state index in [-0.39, 0.29) is 0 Å². The molecule has 0 radical (unpaired) electrons. The Labute approximate surface area is 69.8 Å². The van der Waals surface area contributed by atoms with E-state index in [2.05, 4.69) is 18.9 Å². The Morgan fingerprint density at radius 1 is 1.45 bits per heavy atom. The molecule has 1 rings (SSSR count). The van der Waals surface area contributed by atoms with Gasteiger partial charge in [0.05, 0.1) is 0 Å².